The number of ether oxygens (including phenoxy) is 1. The number of benzene rings is 1. The summed E-state index contributed by atoms with van der Waals surface area (Å²) in [6, 6.07) is 8.96. The van der Waals surface area contributed by atoms with Crippen LogP contribution < -0.4 is 10.5 Å². The Labute approximate surface area is 98.8 Å². The third kappa shape index (κ3) is 2.51. The highest BCUT2D eigenvalue weighted by Gasteiger charge is 2.02. The van der Waals surface area contributed by atoms with Crippen molar-refractivity contribution >= 4 is 11.6 Å². The number of nitrogens with two attached hydrogens (primary N) is 1. The molecule has 3 nitrogen and oxygen atoms in total. The normalized spacial score (nSPS) is 10.1. The van der Waals surface area contributed by atoms with Gasteiger partial charge in [0.15, 0.2) is 0 Å². The Balaban J connectivity index is 2.23. The summed E-state index contributed by atoms with van der Waals surface area (Å²) in [6.45, 7) is 0.400. The second kappa shape index (κ2) is 4.96. The lowest BCUT2D eigenvalue weighted by atomic mass is 10.2. The number of nitrogens with zero attached hydrogens (tertiary/aromatic N) is 1. The maximum Gasteiger partial charge on any atom is 0.134 e. The van der Waals surface area contributed by atoms with Crippen molar-refractivity contribution in [3.8, 4) is 11.5 Å². The third-order valence-corrected chi connectivity index (χ3v) is 2.37. The molecule has 0 saturated carbocycles. The van der Waals surface area contributed by atoms with Gasteiger partial charge in [-0.25, -0.2) is 0 Å². The minimum atomic E-state index is 0.400. The molecular weight excluding hydrogens is 224 g/mol. The molecule has 0 aliphatic carbocycles. The lowest BCUT2D eigenvalue weighted by Gasteiger charge is -2.08. The number of pyridine rings is 1. The fraction of sp³-hybridized carbons (Fsp3) is 0.0833. The number of aromatic nitrogens is 1. The molecule has 1 heterocycles. The van der Waals surface area contributed by atoms with Gasteiger partial charge in [0.25, 0.3) is 0 Å². The van der Waals surface area contributed by atoms with E-state index in [1.54, 1.807) is 30.6 Å². The molecule has 0 radical (unpaired) electrons. The highest BCUT2D eigenvalue weighted by molar-refractivity contribution is 6.30. The Kier molecular flexibility index (Phi) is 3.39. The molecule has 2 aromatic rings. The van der Waals surface area contributed by atoms with Crippen LogP contribution in [0.2, 0.25) is 5.02 Å². The predicted octanol–water partition coefficient (Wildman–Crippen LogP) is 2.99. The molecule has 1 aromatic carbocycles. The van der Waals surface area contributed by atoms with E-state index < -0.39 is 0 Å². The van der Waals surface area contributed by atoms with E-state index in [1.807, 2.05) is 12.1 Å². The van der Waals surface area contributed by atoms with E-state index in [-0.39, 0.29) is 0 Å². The first-order valence-corrected chi connectivity index (χ1v) is 5.24. The highest BCUT2D eigenvalue weighted by Crippen LogP contribution is 2.25. The molecule has 0 amide bonds. The van der Waals surface area contributed by atoms with Crippen molar-refractivity contribution < 1.29 is 4.74 Å². The molecule has 2 N–H and O–H groups in total. The quantitative estimate of drug-likeness (QED) is 0.888. The first kappa shape index (κ1) is 10.9. The summed E-state index contributed by atoms with van der Waals surface area (Å²) < 4.78 is 5.68. The molecule has 0 atom stereocenters. The second-order valence-corrected chi connectivity index (χ2v) is 3.68. The van der Waals surface area contributed by atoms with E-state index in [2.05, 4.69) is 4.98 Å². The maximum absolute atomic E-state index is 5.79. The van der Waals surface area contributed by atoms with E-state index in [9.17, 15) is 0 Å². The van der Waals surface area contributed by atoms with Crippen molar-refractivity contribution in [2.75, 3.05) is 0 Å². The van der Waals surface area contributed by atoms with Crippen LogP contribution in [0.1, 0.15) is 5.56 Å². The predicted molar refractivity (Wildman–Crippen MR) is 63.7 cm³/mol. The van der Waals surface area contributed by atoms with Gasteiger partial charge < -0.3 is 10.5 Å². The molecule has 0 unspecified atom stereocenters. The molecular formula is C12H11ClN2O. The van der Waals surface area contributed by atoms with Crippen LogP contribution in [-0.4, -0.2) is 4.98 Å². The third-order valence-electron chi connectivity index (χ3n) is 2.12. The van der Waals surface area contributed by atoms with Crippen molar-refractivity contribution in [3.63, 3.8) is 0 Å². The van der Waals surface area contributed by atoms with Gasteiger partial charge in [0.1, 0.15) is 11.5 Å². The number of hydrogen-bond donors (Lipinski definition) is 1. The van der Waals surface area contributed by atoms with Crippen molar-refractivity contribution in [2.24, 2.45) is 5.73 Å². The Morgan fingerprint density at radius 1 is 1.19 bits per heavy atom. The Morgan fingerprint density at radius 2 is 1.94 bits per heavy atom. The topological polar surface area (TPSA) is 48.1 Å². The highest BCUT2D eigenvalue weighted by atomic mass is 35.5. The van der Waals surface area contributed by atoms with Gasteiger partial charge in [-0.1, -0.05) is 11.6 Å². The monoisotopic (exact) mass is 234 g/mol. The van der Waals surface area contributed by atoms with E-state index in [1.165, 1.54) is 0 Å². The van der Waals surface area contributed by atoms with Gasteiger partial charge in [-0.2, -0.15) is 0 Å². The van der Waals surface area contributed by atoms with Crippen molar-refractivity contribution in [3.05, 3.63) is 53.3 Å². The van der Waals surface area contributed by atoms with Gasteiger partial charge in [-0.3, -0.25) is 4.98 Å². The average Bonchev–Trinajstić information content (AvgIpc) is 2.33. The summed E-state index contributed by atoms with van der Waals surface area (Å²) in [7, 11) is 0. The van der Waals surface area contributed by atoms with Crippen LogP contribution in [0.3, 0.4) is 0 Å². The molecule has 0 saturated heterocycles. The standard InChI is InChI=1S/C12H11ClN2O/c13-10-1-3-11(4-2-10)16-12-5-6-15-8-9(12)7-14/h1-6,8H,7,14H2. The zero-order chi connectivity index (χ0) is 11.4. The summed E-state index contributed by atoms with van der Waals surface area (Å²) in [6.07, 6.45) is 3.37. The zero-order valence-corrected chi connectivity index (χ0v) is 9.32. The first-order valence-electron chi connectivity index (χ1n) is 4.86. The van der Waals surface area contributed by atoms with Crippen molar-refractivity contribution in [2.45, 2.75) is 6.54 Å². The fourth-order valence-corrected chi connectivity index (χ4v) is 1.42. The van der Waals surface area contributed by atoms with Gasteiger partial charge >= 0.3 is 0 Å². The van der Waals surface area contributed by atoms with Crippen LogP contribution in [-0.2, 0) is 6.54 Å². The van der Waals surface area contributed by atoms with E-state index in [0.29, 0.717) is 11.6 Å². The molecule has 0 fully saturated rings. The molecule has 0 aliphatic rings. The van der Waals surface area contributed by atoms with Crippen LogP contribution in [0.5, 0.6) is 11.5 Å². The van der Waals surface area contributed by atoms with E-state index in [0.717, 1.165) is 17.1 Å². The smallest absolute Gasteiger partial charge is 0.134 e. The Hall–Kier alpha value is -1.58. The van der Waals surface area contributed by atoms with Crippen LogP contribution in [0.15, 0.2) is 42.7 Å². The molecule has 4 heteroatoms. The zero-order valence-electron chi connectivity index (χ0n) is 8.56. The van der Waals surface area contributed by atoms with Crippen LogP contribution in [0.25, 0.3) is 0 Å². The van der Waals surface area contributed by atoms with E-state index >= 15 is 0 Å². The Morgan fingerprint density at radius 3 is 2.62 bits per heavy atom. The summed E-state index contributed by atoms with van der Waals surface area (Å²) in [5, 5.41) is 0.682. The Bertz CT molecular complexity index is 471. The average molecular weight is 235 g/mol. The molecule has 16 heavy (non-hydrogen) atoms. The summed E-state index contributed by atoms with van der Waals surface area (Å²) in [5.41, 5.74) is 6.46. The minimum Gasteiger partial charge on any atom is -0.457 e. The molecule has 2 rings (SSSR count). The fourth-order valence-electron chi connectivity index (χ4n) is 1.30. The summed E-state index contributed by atoms with van der Waals surface area (Å²) >= 11 is 5.79. The molecule has 0 bridgehead atoms. The maximum atomic E-state index is 5.79. The van der Waals surface area contributed by atoms with Crippen molar-refractivity contribution in [1.82, 2.24) is 4.98 Å². The van der Waals surface area contributed by atoms with Gasteiger partial charge in [0, 0.05) is 29.5 Å². The minimum absolute atomic E-state index is 0.400. The largest absolute Gasteiger partial charge is 0.457 e. The van der Waals surface area contributed by atoms with Gasteiger partial charge in [0.2, 0.25) is 0 Å². The number of rotatable bonds is 3. The number of hydrogen-bond acceptors (Lipinski definition) is 3. The van der Waals surface area contributed by atoms with E-state index in [4.69, 9.17) is 22.1 Å². The SMILES string of the molecule is NCc1cnccc1Oc1ccc(Cl)cc1. The van der Waals surface area contributed by atoms with Gasteiger partial charge in [0.05, 0.1) is 0 Å². The molecule has 82 valence electrons. The lowest BCUT2D eigenvalue weighted by Crippen LogP contribution is -1.99. The second-order valence-electron chi connectivity index (χ2n) is 3.24. The number of halogens is 1. The summed E-state index contributed by atoms with van der Waals surface area (Å²) in [5.74, 6) is 1.45. The first-order chi connectivity index (χ1) is 7.79. The molecule has 0 aliphatic heterocycles. The van der Waals surface area contributed by atoms with Crippen LogP contribution in [0.4, 0.5) is 0 Å². The van der Waals surface area contributed by atoms with Crippen LogP contribution in [0, 0.1) is 0 Å². The van der Waals surface area contributed by atoms with Gasteiger partial charge in [-0.15, -0.1) is 0 Å². The summed E-state index contributed by atoms with van der Waals surface area (Å²) in [4.78, 5) is 3.99. The van der Waals surface area contributed by atoms with Crippen molar-refractivity contribution in [1.29, 1.82) is 0 Å². The molecule has 0 spiro atoms. The van der Waals surface area contributed by atoms with Crippen LogP contribution >= 0.6 is 11.6 Å². The molecule has 1 aromatic heterocycles. The van der Waals surface area contributed by atoms with Gasteiger partial charge in [-0.05, 0) is 30.3 Å². The lowest BCUT2D eigenvalue weighted by molar-refractivity contribution is 0.475.